The summed E-state index contributed by atoms with van der Waals surface area (Å²) in [6, 6.07) is 3.43. The van der Waals surface area contributed by atoms with E-state index < -0.39 is 10.8 Å². The number of hydrogen-bond donors (Lipinski definition) is 0. The lowest BCUT2D eigenvalue weighted by Crippen LogP contribution is -2.15. The van der Waals surface area contributed by atoms with Crippen LogP contribution in [0.15, 0.2) is 17.0 Å². The van der Waals surface area contributed by atoms with Gasteiger partial charge >= 0.3 is 0 Å². The van der Waals surface area contributed by atoms with Crippen molar-refractivity contribution >= 4 is 22.4 Å². The lowest BCUT2D eigenvalue weighted by Gasteiger charge is -2.19. The molecule has 0 saturated heterocycles. The van der Waals surface area contributed by atoms with Gasteiger partial charge in [0, 0.05) is 31.6 Å². The molecule has 1 aromatic carbocycles. The second-order valence-corrected chi connectivity index (χ2v) is 6.48. The van der Waals surface area contributed by atoms with Crippen LogP contribution in [-0.4, -0.2) is 36.9 Å². The molecule has 2 rings (SSSR count). The molecule has 0 unspecified atom stereocenters. The zero-order chi connectivity index (χ0) is 14.4. The van der Waals surface area contributed by atoms with Gasteiger partial charge in [0.25, 0.3) is 0 Å². The first-order valence-electron chi connectivity index (χ1n) is 6.69. The van der Waals surface area contributed by atoms with E-state index in [1.54, 1.807) is 19.2 Å². The smallest absolute Gasteiger partial charge is 0.162 e. The van der Waals surface area contributed by atoms with E-state index in [1.807, 2.05) is 0 Å². The third-order valence-electron chi connectivity index (χ3n) is 3.02. The molecule has 0 aliphatic carbocycles. The normalized spacial score (nSPS) is 15.1. The molecular formula is C14H19ClO4S. The molecule has 0 N–H and O–H groups in total. The van der Waals surface area contributed by atoms with E-state index in [0.717, 1.165) is 25.9 Å². The molecule has 1 aliphatic heterocycles. The summed E-state index contributed by atoms with van der Waals surface area (Å²) in [7, 11) is 0.581. The van der Waals surface area contributed by atoms with Crippen LogP contribution in [0.25, 0.3) is 0 Å². The summed E-state index contributed by atoms with van der Waals surface area (Å²) in [4.78, 5) is 0.627. The predicted octanol–water partition coefficient (Wildman–Crippen LogP) is 3.04. The van der Waals surface area contributed by atoms with Crippen LogP contribution in [0.2, 0.25) is 5.02 Å². The molecule has 112 valence electrons. The quantitative estimate of drug-likeness (QED) is 0.725. The van der Waals surface area contributed by atoms with Gasteiger partial charge in [0.05, 0.1) is 20.7 Å². The van der Waals surface area contributed by atoms with Crippen molar-refractivity contribution in [3.05, 3.63) is 17.2 Å². The topological polar surface area (TPSA) is 44.8 Å². The minimum Gasteiger partial charge on any atom is -0.486 e. The highest BCUT2D eigenvalue weighted by Gasteiger charge is 2.18. The van der Waals surface area contributed by atoms with Crippen LogP contribution in [0.3, 0.4) is 0 Å². The van der Waals surface area contributed by atoms with Gasteiger partial charge in [-0.1, -0.05) is 18.0 Å². The van der Waals surface area contributed by atoms with E-state index in [-0.39, 0.29) is 0 Å². The zero-order valence-corrected chi connectivity index (χ0v) is 13.1. The maximum atomic E-state index is 12.3. The molecule has 1 aromatic rings. The molecule has 4 nitrogen and oxygen atoms in total. The van der Waals surface area contributed by atoms with Gasteiger partial charge in [-0.15, -0.1) is 0 Å². The van der Waals surface area contributed by atoms with Crippen molar-refractivity contribution in [1.82, 2.24) is 0 Å². The molecule has 0 amide bonds. The molecule has 1 atom stereocenters. The van der Waals surface area contributed by atoms with Crippen LogP contribution in [0.5, 0.6) is 11.5 Å². The third kappa shape index (κ3) is 4.11. The van der Waals surface area contributed by atoms with Gasteiger partial charge < -0.3 is 14.2 Å². The Kier molecular flexibility index (Phi) is 6.13. The fourth-order valence-corrected chi connectivity index (χ4v) is 3.60. The van der Waals surface area contributed by atoms with Crippen LogP contribution >= 0.6 is 11.6 Å². The van der Waals surface area contributed by atoms with E-state index in [4.69, 9.17) is 25.8 Å². The minimum absolute atomic E-state index is 0.476. The van der Waals surface area contributed by atoms with Gasteiger partial charge in [0.15, 0.2) is 11.5 Å². The molecule has 1 aliphatic rings. The molecular weight excluding hydrogens is 300 g/mol. The Hall–Kier alpha value is -0.780. The van der Waals surface area contributed by atoms with Crippen molar-refractivity contribution in [1.29, 1.82) is 0 Å². The van der Waals surface area contributed by atoms with E-state index in [1.165, 1.54) is 0 Å². The molecule has 20 heavy (non-hydrogen) atoms. The average Bonchev–Trinajstić information content (AvgIpc) is 2.46. The van der Waals surface area contributed by atoms with Crippen molar-refractivity contribution in [2.24, 2.45) is 0 Å². The van der Waals surface area contributed by atoms with Crippen LogP contribution < -0.4 is 9.47 Å². The van der Waals surface area contributed by atoms with Crippen molar-refractivity contribution in [3.8, 4) is 11.5 Å². The number of benzene rings is 1. The molecule has 0 aromatic heterocycles. The third-order valence-corrected chi connectivity index (χ3v) is 4.93. The fourth-order valence-electron chi connectivity index (χ4n) is 1.99. The highest BCUT2D eigenvalue weighted by Crippen LogP contribution is 2.36. The van der Waals surface area contributed by atoms with Gasteiger partial charge in [-0.05, 0) is 12.8 Å². The van der Waals surface area contributed by atoms with Crippen LogP contribution in [-0.2, 0) is 15.5 Å². The van der Waals surface area contributed by atoms with Gasteiger partial charge in [0.1, 0.15) is 13.2 Å². The summed E-state index contributed by atoms with van der Waals surface area (Å²) < 4.78 is 28.2. The number of unbranched alkanes of at least 4 members (excludes halogenated alkanes) is 2. The van der Waals surface area contributed by atoms with Crippen molar-refractivity contribution < 1.29 is 18.4 Å². The summed E-state index contributed by atoms with van der Waals surface area (Å²) in [6.07, 6.45) is 2.88. The van der Waals surface area contributed by atoms with Gasteiger partial charge in [0.2, 0.25) is 0 Å². The highest BCUT2D eigenvalue weighted by molar-refractivity contribution is 7.85. The number of halogens is 1. The van der Waals surface area contributed by atoms with E-state index >= 15 is 0 Å². The van der Waals surface area contributed by atoms with Crippen molar-refractivity contribution in [2.75, 3.05) is 32.7 Å². The second-order valence-electron chi connectivity index (χ2n) is 4.53. The summed E-state index contributed by atoms with van der Waals surface area (Å²) >= 11 is 6.17. The number of ether oxygens (including phenoxy) is 3. The van der Waals surface area contributed by atoms with Crippen molar-refractivity contribution in [3.63, 3.8) is 0 Å². The standard InChI is InChI=1S/C14H19ClO4S/c1-17-5-3-2-4-8-20(16)14-10-13-12(9-11(14)15)18-6-7-19-13/h9-10H,2-8H2,1H3/t20-/m1/s1. The summed E-state index contributed by atoms with van der Waals surface area (Å²) in [5.41, 5.74) is 0. The molecule has 1 heterocycles. The average molecular weight is 319 g/mol. The Morgan fingerprint density at radius 1 is 1.20 bits per heavy atom. The number of fused-ring (bicyclic) bond motifs is 1. The van der Waals surface area contributed by atoms with Crippen LogP contribution in [0.4, 0.5) is 0 Å². The van der Waals surface area contributed by atoms with E-state index in [9.17, 15) is 4.21 Å². The Morgan fingerprint density at radius 3 is 2.60 bits per heavy atom. The Bertz CT molecular complexity index is 478. The molecule has 0 fully saturated rings. The first-order chi connectivity index (χ1) is 9.72. The minimum atomic E-state index is -1.11. The van der Waals surface area contributed by atoms with Gasteiger partial charge in [-0.25, -0.2) is 0 Å². The van der Waals surface area contributed by atoms with E-state index in [2.05, 4.69) is 0 Å². The SMILES string of the molecule is COCCCCC[S@@](=O)c1cc2c(cc1Cl)OCCO2. The second kappa shape index (κ2) is 7.86. The Labute approximate surface area is 126 Å². The summed E-state index contributed by atoms with van der Waals surface area (Å²) in [5, 5.41) is 0.476. The fraction of sp³-hybridized carbons (Fsp3) is 0.571. The summed E-state index contributed by atoms with van der Waals surface area (Å²) in [6.45, 7) is 1.78. The molecule has 0 radical (unpaired) electrons. The van der Waals surface area contributed by atoms with Gasteiger partial charge in [-0.2, -0.15) is 0 Å². The first-order valence-corrected chi connectivity index (χ1v) is 8.38. The van der Waals surface area contributed by atoms with Crippen LogP contribution in [0.1, 0.15) is 19.3 Å². The first kappa shape index (κ1) is 15.6. The van der Waals surface area contributed by atoms with Crippen LogP contribution in [0, 0.1) is 0 Å². The molecule has 0 saturated carbocycles. The van der Waals surface area contributed by atoms with Crippen molar-refractivity contribution in [2.45, 2.75) is 24.2 Å². The Balaban J connectivity index is 1.95. The molecule has 0 spiro atoms. The number of rotatable bonds is 7. The Morgan fingerprint density at radius 2 is 1.90 bits per heavy atom. The lowest BCUT2D eigenvalue weighted by atomic mass is 10.3. The number of hydrogen-bond acceptors (Lipinski definition) is 4. The zero-order valence-electron chi connectivity index (χ0n) is 11.5. The maximum Gasteiger partial charge on any atom is 0.162 e. The summed E-state index contributed by atoms with van der Waals surface area (Å²) in [5.74, 6) is 1.86. The molecule has 6 heteroatoms. The number of methoxy groups -OCH3 is 1. The van der Waals surface area contributed by atoms with E-state index in [0.29, 0.717) is 40.4 Å². The largest absolute Gasteiger partial charge is 0.486 e. The maximum absolute atomic E-state index is 12.3. The predicted molar refractivity (Wildman–Crippen MR) is 79.4 cm³/mol. The monoisotopic (exact) mass is 318 g/mol. The highest BCUT2D eigenvalue weighted by atomic mass is 35.5. The lowest BCUT2D eigenvalue weighted by molar-refractivity contribution is 0.171. The molecule has 0 bridgehead atoms. The van der Waals surface area contributed by atoms with Gasteiger partial charge in [-0.3, -0.25) is 4.21 Å².